The van der Waals surface area contributed by atoms with Crippen molar-refractivity contribution < 1.29 is 19.2 Å². The van der Waals surface area contributed by atoms with E-state index in [0.717, 1.165) is 30.6 Å². The van der Waals surface area contributed by atoms with Crippen LogP contribution in [-0.2, 0) is 9.53 Å². The van der Waals surface area contributed by atoms with Crippen LogP contribution in [0.3, 0.4) is 0 Å². The summed E-state index contributed by atoms with van der Waals surface area (Å²) in [4.78, 5) is 27.9. The first-order chi connectivity index (χ1) is 14.2. The number of hydrogen-bond acceptors (Lipinski definition) is 3. The molecule has 0 bridgehead atoms. The summed E-state index contributed by atoms with van der Waals surface area (Å²) in [5.74, 6) is 0.125. The molecule has 3 rings (SSSR count). The molecule has 0 spiro atoms. The van der Waals surface area contributed by atoms with Crippen molar-refractivity contribution in [2.45, 2.75) is 6.42 Å². The summed E-state index contributed by atoms with van der Waals surface area (Å²) >= 11 is 0. The summed E-state index contributed by atoms with van der Waals surface area (Å²) in [6.07, 6.45) is 0.822. The van der Waals surface area contributed by atoms with Gasteiger partial charge in [0.05, 0.1) is 26.2 Å². The molecule has 1 saturated heterocycles. The zero-order chi connectivity index (χ0) is 20.5. The van der Waals surface area contributed by atoms with Crippen molar-refractivity contribution in [2.75, 3.05) is 53.0 Å². The van der Waals surface area contributed by atoms with Gasteiger partial charge in [0.25, 0.3) is 11.8 Å². The zero-order valence-corrected chi connectivity index (χ0v) is 17.0. The minimum atomic E-state index is 0.0624. The number of ether oxygens (including phenoxy) is 1. The van der Waals surface area contributed by atoms with Crippen LogP contribution < -0.4 is 10.2 Å². The number of hydrogen-bond donors (Lipinski definition) is 2. The molecular weight excluding hydrogens is 366 g/mol. The summed E-state index contributed by atoms with van der Waals surface area (Å²) in [6, 6.07) is 17.9. The van der Waals surface area contributed by atoms with E-state index >= 15 is 0 Å². The van der Waals surface area contributed by atoms with E-state index in [1.165, 1.54) is 4.90 Å². The van der Waals surface area contributed by atoms with Crippen molar-refractivity contribution in [3.05, 3.63) is 60.2 Å². The Hall–Kier alpha value is -2.70. The van der Waals surface area contributed by atoms with Gasteiger partial charge in [0, 0.05) is 25.8 Å². The highest BCUT2D eigenvalue weighted by Crippen LogP contribution is 2.19. The quantitative estimate of drug-likeness (QED) is 0.651. The lowest BCUT2D eigenvalue weighted by Gasteiger charge is -2.32. The molecule has 154 valence electrons. The second kappa shape index (κ2) is 10.7. The van der Waals surface area contributed by atoms with E-state index in [2.05, 4.69) is 17.4 Å². The maximum Gasteiger partial charge on any atom is 0.275 e. The van der Waals surface area contributed by atoms with E-state index in [0.29, 0.717) is 38.3 Å². The lowest BCUT2D eigenvalue weighted by molar-refractivity contribution is -0.896. The Labute approximate surface area is 172 Å². The average molecular weight is 397 g/mol. The van der Waals surface area contributed by atoms with Gasteiger partial charge in [-0.05, 0) is 29.7 Å². The summed E-state index contributed by atoms with van der Waals surface area (Å²) in [6.45, 7) is 4.68. The molecule has 1 heterocycles. The molecule has 6 heteroatoms. The SMILES string of the molecule is COCCCNC(=O)C[NH+]1CCN(C(=O)c2ccc(-c3ccccc3)cc2)CC1. The average Bonchev–Trinajstić information content (AvgIpc) is 2.77. The minimum absolute atomic E-state index is 0.0624. The van der Waals surface area contributed by atoms with Crippen molar-refractivity contribution in [3.8, 4) is 11.1 Å². The Morgan fingerprint density at radius 2 is 1.66 bits per heavy atom. The standard InChI is InChI=1S/C23H29N3O3/c1-29-17-5-12-24-22(27)18-25-13-15-26(16-14-25)23(28)21-10-8-20(9-11-21)19-6-3-2-4-7-19/h2-4,6-11H,5,12-18H2,1H3,(H,24,27)/p+1. The smallest absolute Gasteiger partial charge is 0.275 e. The third-order valence-electron chi connectivity index (χ3n) is 5.25. The Morgan fingerprint density at radius 3 is 2.31 bits per heavy atom. The van der Waals surface area contributed by atoms with Gasteiger partial charge in [0.1, 0.15) is 0 Å². The topological polar surface area (TPSA) is 63.1 Å². The summed E-state index contributed by atoms with van der Waals surface area (Å²) in [5, 5.41) is 2.92. The molecule has 2 aromatic rings. The maximum absolute atomic E-state index is 12.8. The molecule has 0 aliphatic carbocycles. The minimum Gasteiger partial charge on any atom is -0.385 e. The fourth-order valence-corrected chi connectivity index (χ4v) is 3.56. The monoisotopic (exact) mass is 396 g/mol. The largest absolute Gasteiger partial charge is 0.385 e. The number of carbonyl (C=O) groups excluding carboxylic acids is 2. The van der Waals surface area contributed by atoms with E-state index in [1.807, 2.05) is 47.4 Å². The van der Waals surface area contributed by atoms with Crippen LogP contribution in [0.25, 0.3) is 11.1 Å². The second-order valence-electron chi connectivity index (χ2n) is 7.36. The van der Waals surface area contributed by atoms with Gasteiger partial charge < -0.3 is 19.9 Å². The highest BCUT2D eigenvalue weighted by Gasteiger charge is 2.25. The van der Waals surface area contributed by atoms with Gasteiger partial charge >= 0.3 is 0 Å². The molecule has 29 heavy (non-hydrogen) atoms. The molecular formula is C23H30N3O3+. The van der Waals surface area contributed by atoms with Crippen molar-refractivity contribution in [3.63, 3.8) is 0 Å². The normalized spacial score (nSPS) is 14.6. The van der Waals surface area contributed by atoms with Gasteiger partial charge in [-0.25, -0.2) is 0 Å². The van der Waals surface area contributed by atoms with Crippen molar-refractivity contribution in [1.29, 1.82) is 0 Å². The fraction of sp³-hybridized carbons (Fsp3) is 0.391. The number of piperazine rings is 1. The predicted octanol–water partition coefficient (Wildman–Crippen LogP) is 0.847. The van der Waals surface area contributed by atoms with Crippen LogP contribution in [0.4, 0.5) is 0 Å². The molecule has 1 fully saturated rings. The Morgan fingerprint density at radius 1 is 1.00 bits per heavy atom. The van der Waals surface area contributed by atoms with Crippen LogP contribution in [0.5, 0.6) is 0 Å². The van der Waals surface area contributed by atoms with Gasteiger partial charge in [0.15, 0.2) is 6.54 Å². The number of rotatable bonds is 8. The van der Waals surface area contributed by atoms with E-state index in [1.54, 1.807) is 7.11 Å². The van der Waals surface area contributed by atoms with Crippen LogP contribution in [0.2, 0.25) is 0 Å². The summed E-state index contributed by atoms with van der Waals surface area (Å²) in [7, 11) is 1.66. The molecule has 0 atom stereocenters. The Balaban J connectivity index is 1.45. The van der Waals surface area contributed by atoms with E-state index in [9.17, 15) is 9.59 Å². The van der Waals surface area contributed by atoms with Crippen molar-refractivity contribution in [2.24, 2.45) is 0 Å². The fourth-order valence-electron chi connectivity index (χ4n) is 3.56. The van der Waals surface area contributed by atoms with Gasteiger partial charge in [-0.15, -0.1) is 0 Å². The molecule has 0 unspecified atom stereocenters. The molecule has 2 aromatic carbocycles. The summed E-state index contributed by atoms with van der Waals surface area (Å²) < 4.78 is 4.98. The van der Waals surface area contributed by atoms with Crippen molar-refractivity contribution >= 4 is 11.8 Å². The lowest BCUT2D eigenvalue weighted by atomic mass is 10.0. The molecule has 2 amide bonds. The van der Waals surface area contributed by atoms with Crippen LogP contribution >= 0.6 is 0 Å². The van der Waals surface area contributed by atoms with E-state index < -0.39 is 0 Å². The highest BCUT2D eigenvalue weighted by molar-refractivity contribution is 5.94. The van der Waals surface area contributed by atoms with E-state index in [-0.39, 0.29) is 11.8 Å². The van der Waals surface area contributed by atoms with Crippen LogP contribution in [-0.4, -0.2) is 69.7 Å². The summed E-state index contributed by atoms with van der Waals surface area (Å²) in [5.41, 5.74) is 2.96. The molecule has 0 saturated carbocycles. The van der Waals surface area contributed by atoms with Gasteiger partial charge in [-0.2, -0.15) is 0 Å². The second-order valence-corrected chi connectivity index (χ2v) is 7.36. The van der Waals surface area contributed by atoms with Crippen molar-refractivity contribution in [1.82, 2.24) is 10.2 Å². The first-order valence-electron chi connectivity index (χ1n) is 10.2. The number of nitrogens with one attached hydrogen (secondary N) is 2. The number of nitrogens with zero attached hydrogens (tertiary/aromatic N) is 1. The molecule has 1 aliphatic heterocycles. The van der Waals surface area contributed by atoms with Crippen LogP contribution in [0, 0.1) is 0 Å². The number of carbonyl (C=O) groups is 2. The number of benzene rings is 2. The van der Waals surface area contributed by atoms with Crippen LogP contribution in [0.1, 0.15) is 16.8 Å². The number of amides is 2. The third-order valence-corrected chi connectivity index (χ3v) is 5.25. The number of quaternary nitrogens is 1. The molecule has 2 N–H and O–H groups in total. The third kappa shape index (κ3) is 6.14. The maximum atomic E-state index is 12.8. The van der Waals surface area contributed by atoms with Crippen LogP contribution in [0.15, 0.2) is 54.6 Å². The molecule has 6 nitrogen and oxygen atoms in total. The molecule has 1 aliphatic rings. The van der Waals surface area contributed by atoms with Gasteiger partial charge in [-0.1, -0.05) is 42.5 Å². The molecule has 0 aromatic heterocycles. The molecule has 0 radical (unpaired) electrons. The van der Waals surface area contributed by atoms with Gasteiger partial charge in [0.2, 0.25) is 0 Å². The Bertz CT molecular complexity index is 785. The zero-order valence-electron chi connectivity index (χ0n) is 17.0. The first kappa shape index (κ1) is 21.0. The van der Waals surface area contributed by atoms with Gasteiger partial charge in [-0.3, -0.25) is 9.59 Å². The highest BCUT2D eigenvalue weighted by atomic mass is 16.5. The van der Waals surface area contributed by atoms with E-state index in [4.69, 9.17) is 4.74 Å². The predicted molar refractivity (Wildman–Crippen MR) is 113 cm³/mol. The lowest BCUT2D eigenvalue weighted by Crippen LogP contribution is -3.15. The Kier molecular flexibility index (Phi) is 7.78. The first-order valence-corrected chi connectivity index (χ1v) is 10.2. The number of methoxy groups -OCH3 is 1.